The van der Waals surface area contributed by atoms with Crippen LogP contribution in [0.5, 0.6) is 0 Å². The minimum absolute atomic E-state index is 0. The first-order valence-electron chi connectivity index (χ1n) is 4.98. The molecule has 0 N–H and O–H groups in total. The zero-order valence-electron chi connectivity index (χ0n) is 11.6. The first-order chi connectivity index (χ1) is 7.25. The molecule has 0 saturated carbocycles. The Kier molecular flexibility index (Phi) is 26.3. The number of halogens is 1. The average Bonchev–Trinajstić information content (AvgIpc) is 2.13. The largest absolute Gasteiger partial charge is 2.00 e. The molecular weight excluding hydrogens is 398 g/mol. The maximum absolute atomic E-state index is 11.2. The molecule has 0 aromatic heterocycles. The van der Waals surface area contributed by atoms with Crippen LogP contribution in [0.2, 0.25) is 0 Å². The quantitative estimate of drug-likeness (QED) is 0.331. The summed E-state index contributed by atoms with van der Waals surface area (Å²) in [4.78, 5) is 22.1. The van der Waals surface area contributed by atoms with Crippen molar-refractivity contribution in [2.24, 2.45) is 0 Å². The van der Waals surface area contributed by atoms with Gasteiger partial charge in [-0.2, -0.15) is 0 Å². The van der Waals surface area contributed by atoms with E-state index in [1.54, 1.807) is 0 Å². The Labute approximate surface area is 159 Å². The predicted molar refractivity (Wildman–Crippen MR) is 62.5 cm³/mol. The summed E-state index contributed by atoms with van der Waals surface area (Å²) in [5, 5.41) is 22.4. The summed E-state index contributed by atoms with van der Waals surface area (Å²) in [5.74, 6) is -2.45. The van der Waals surface area contributed by atoms with Crippen molar-refractivity contribution in [3.63, 3.8) is 0 Å². The fourth-order valence-corrected chi connectivity index (χ4v) is 0.846. The molecule has 0 amide bonds. The summed E-state index contributed by atoms with van der Waals surface area (Å²) in [6.07, 6.45) is -5.57. The standard InChI is InChI=1S/C10H16O6.CH4.BrH.Mg.Zn/c1-5(2)15-9(13)7(11)8(12)10(14)16-6(3)4;;;;/h5-8H,1-4H3;1H4;1H;;/q-2;;;+2;/p-1/t7-,8-;;;;/m0..../s1. The molecule has 0 aliphatic rings. The van der Waals surface area contributed by atoms with Gasteiger partial charge in [0.05, 0.1) is 12.2 Å². The van der Waals surface area contributed by atoms with Crippen LogP contribution in [-0.4, -0.2) is 59.4 Å². The molecule has 0 aliphatic carbocycles. The molecule has 112 valence electrons. The van der Waals surface area contributed by atoms with Gasteiger partial charge in [0.2, 0.25) is 0 Å². The van der Waals surface area contributed by atoms with Crippen molar-refractivity contribution < 1.29 is 65.7 Å². The van der Waals surface area contributed by atoms with Crippen LogP contribution in [0, 0.1) is 0 Å². The molecule has 0 saturated heterocycles. The second-order valence-corrected chi connectivity index (χ2v) is 3.81. The molecule has 0 heterocycles. The Morgan fingerprint density at radius 3 is 1.20 bits per heavy atom. The van der Waals surface area contributed by atoms with E-state index in [0.717, 1.165) is 0 Å². The smallest absolute Gasteiger partial charge is 1.00 e. The minimum atomic E-state index is -2.28. The van der Waals surface area contributed by atoms with Gasteiger partial charge in [0.1, 0.15) is 0 Å². The van der Waals surface area contributed by atoms with E-state index < -0.39 is 36.4 Å². The Hall–Kier alpha value is 0.730. The number of hydrogen-bond acceptors (Lipinski definition) is 6. The van der Waals surface area contributed by atoms with Crippen molar-refractivity contribution in [1.29, 1.82) is 0 Å². The Bertz CT molecular complexity index is 239. The van der Waals surface area contributed by atoms with Gasteiger partial charge in [0.15, 0.2) is 0 Å². The normalized spacial score (nSPS) is 11.8. The fraction of sp³-hybridized carbons (Fsp3) is 0.818. The Morgan fingerprint density at radius 2 is 1.05 bits per heavy atom. The zero-order chi connectivity index (χ0) is 12.9. The summed E-state index contributed by atoms with van der Waals surface area (Å²) in [7, 11) is 0. The summed E-state index contributed by atoms with van der Waals surface area (Å²) >= 11 is 0. The van der Waals surface area contributed by atoms with Crippen molar-refractivity contribution in [1.82, 2.24) is 0 Å². The molecule has 0 aliphatic heterocycles. The number of carbonyl (C=O) groups excluding carboxylic acids is 2. The van der Waals surface area contributed by atoms with E-state index in [4.69, 9.17) is 0 Å². The van der Waals surface area contributed by atoms with E-state index >= 15 is 0 Å². The zero-order valence-corrected chi connectivity index (χ0v) is 17.5. The van der Waals surface area contributed by atoms with Crippen LogP contribution in [0.4, 0.5) is 0 Å². The van der Waals surface area contributed by atoms with E-state index in [0.29, 0.717) is 0 Å². The first kappa shape index (κ1) is 32.6. The molecule has 20 heavy (non-hydrogen) atoms. The number of carbonyl (C=O) groups is 2. The SMILES string of the molecule is C.CC(C)OC(=O)[C@@H]([O-])[C@H]([O-])C(=O)OC(C)C.[Br-].[Mg+2].[Zn]. The van der Waals surface area contributed by atoms with Crippen molar-refractivity contribution in [3.8, 4) is 0 Å². The van der Waals surface area contributed by atoms with Crippen LogP contribution in [0.25, 0.3) is 0 Å². The van der Waals surface area contributed by atoms with Gasteiger partial charge in [-0.25, -0.2) is 0 Å². The van der Waals surface area contributed by atoms with Gasteiger partial charge < -0.3 is 36.7 Å². The molecule has 0 fully saturated rings. The van der Waals surface area contributed by atoms with Crippen LogP contribution >= 0.6 is 0 Å². The van der Waals surface area contributed by atoms with E-state index in [9.17, 15) is 19.8 Å². The molecule has 0 unspecified atom stereocenters. The molecule has 9 heteroatoms. The topological polar surface area (TPSA) is 98.7 Å². The Morgan fingerprint density at radius 1 is 0.850 bits per heavy atom. The van der Waals surface area contributed by atoms with E-state index in [-0.39, 0.29) is 66.9 Å². The third-order valence-corrected chi connectivity index (χ3v) is 1.44. The van der Waals surface area contributed by atoms with E-state index in [1.165, 1.54) is 27.7 Å². The van der Waals surface area contributed by atoms with Gasteiger partial charge in [-0.3, -0.25) is 9.59 Å². The molecular formula is C11H20BrMgO6Zn-. The number of esters is 2. The van der Waals surface area contributed by atoms with Crippen molar-refractivity contribution in [3.05, 3.63) is 0 Å². The van der Waals surface area contributed by atoms with Crippen molar-refractivity contribution >= 4 is 35.0 Å². The van der Waals surface area contributed by atoms with Gasteiger partial charge in [0, 0.05) is 19.5 Å². The third kappa shape index (κ3) is 13.7. The number of ether oxygens (including phenoxy) is 2. The van der Waals surface area contributed by atoms with Crippen LogP contribution < -0.4 is 27.2 Å². The Balaban J connectivity index is -0.000000187. The van der Waals surface area contributed by atoms with Crippen LogP contribution in [-0.2, 0) is 38.5 Å². The average molecular weight is 418 g/mol. The molecule has 0 bridgehead atoms. The molecule has 2 atom stereocenters. The van der Waals surface area contributed by atoms with Crippen LogP contribution in [0.3, 0.4) is 0 Å². The second-order valence-electron chi connectivity index (χ2n) is 3.81. The van der Waals surface area contributed by atoms with Crippen molar-refractivity contribution in [2.75, 3.05) is 0 Å². The second kappa shape index (κ2) is 16.1. The fourth-order valence-electron chi connectivity index (χ4n) is 0.846. The molecule has 0 aromatic carbocycles. The van der Waals surface area contributed by atoms with Crippen LogP contribution in [0.15, 0.2) is 0 Å². The first-order valence-corrected chi connectivity index (χ1v) is 4.98. The molecule has 0 spiro atoms. The summed E-state index contributed by atoms with van der Waals surface area (Å²) in [6.45, 7) is 6.15. The van der Waals surface area contributed by atoms with E-state index in [1.807, 2.05) is 0 Å². The number of rotatable bonds is 5. The summed E-state index contributed by atoms with van der Waals surface area (Å²) in [5.41, 5.74) is 0. The molecule has 0 rings (SSSR count). The summed E-state index contributed by atoms with van der Waals surface area (Å²) < 4.78 is 9.06. The van der Waals surface area contributed by atoms with Gasteiger partial charge in [-0.15, -0.1) is 0 Å². The number of hydrogen-bond donors (Lipinski definition) is 0. The maximum atomic E-state index is 11.2. The predicted octanol–water partition coefficient (Wildman–Crippen LogP) is -4.40. The van der Waals surface area contributed by atoms with Gasteiger partial charge in [-0.05, 0) is 39.9 Å². The minimum Gasteiger partial charge on any atom is -1.00 e. The van der Waals surface area contributed by atoms with Gasteiger partial charge in [0.25, 0.3) is 11.9 Å². The van der Waals surface area contributed by atoms with E-state index in [2.05, 4.69) is 9.47 Å². The van der Waals surface area contributed by atoms with Gasteiger partial charge in [-0.1, -0.05) is 7.43 Å². The molecule has 0 radical (unpaired) electrons. The van der Waals surface area contributed by atoms with Crippen molar-refractivity contribution in [2.45, 2.75) is 59.5 Å². The molecule has 0 aromatic rings. The van der Waals surface area contributed by atoms with Crippen LogP contribution in [0.1, 0.15) is 35.1 Å². The maximum Gasteiger partial charge on any atom is 2.00 e. The molecule has 6 nitrogen and oxygen atoms in total. The monoisotopic (exact) mass is 415 g/mol. The summed E-state index contributed by atoms with van der Waals surface area (Å²) in [6, 6.07) is 0. The third-order valence-electron chi connectivity index (χ3n) is 1.44. The van der Waals surface area contributed by atoms with Gasteiger partial charge >= 0.3 is 23.1 Å².